The molecule has 4 aromatic rings. The van der Waals surface area contributed by atoms with E-state index in [2.05, 4.69) is 15.3 Å². The van der Waals surface area contributed by atoms with Gasteiger partial charge in [0, 0.05) is 16.8 Å². The van der Waals surface area contributed by atoms with Crippen LogP contribution in [0.3, 0.4) is 0 Å². The number of fused-ring (bicyclic) bond motifs is 1. The fraction of sp³-hybridized carbons (Fsp3) is 0.0909. The second-order valence-electron chi connectivity index (χ2n) is 6.46. The summed E-state index contributed by atoms with van der Waals surface area (Å²) in [5.74, 6) is 0.721. The molecule has 4 rings (SSSR count). The first-order chi connectivity index (χ1) is 12.6. The summed E-state index contributed by atoms with van der Waals surface area (Å²) < 4.78 is 0. The molecule has 4 heteroatoms. The number of aromatic amines is 1. The van der Waals surface area contributed by atoms with Gasteiger partial charge in [0.25, 0.3) is 5.91 Å². The fourth-order valence-electron chi connectivity index (χ4n) is 3.02. The summed E-state index contributed by atoms with van der Waals surface area (Å²) >= 11 is 0. The lowest BCUT2D eigenvalue weighted by Crippen LogP contribution is -2.12. The van der Waals surface area contributed by atoms with Crippen LogP contribution in [0.5, 0.6) is 0 Å². The smallest absolute Gasteiger partial charge is 0.255 e. The van der Waals surface area contributed by atoms with Crippen molar-refractivity contribution in [2.24, 2.45) is 0 Å². The minimum absolute atomic E-state index is 0.103. The number of carbonyl (C=O) groups is 1. The Morgan fingerprint density at radius 2 is 1.81 bits per heavy atom. The number of hydrogen-bond acceptors (Lipinski definition) is 2. The molecular formula is C22H19N3O. The van der Waals surface area contributed by atoms with Gasteiger partial charge in [-0.3, -0.25) is 4.79 Å². The second kappa shape index (κ2) is 6.48. The zero-order chi connectivity index (χ0) is 18.1. The first-order valence-corrected chi connectivity index (χ1v) is 8.54. The molecule has 0 aliphatic rings. The van der Waals surface area contributed by atoms with Crippen LogP contribution in [-0.2, 0) is 0 Å². The number of hydrogen-bond donors (Lipinski definition) is 2. The van der Waals surface area contributed by atoms with Crippen molar-refractivity contribution < 1.29 is 4.79 Å². The standard InChI is InChI=1S/C22H19N3O/c1-14-6-5-7-17(12-14)22(26)25-18-11-10-16(13-15(18)2)21-23-19-8-3-4-9-20(19)24-21/h3-13H,1-2H3,(H,23,24)(H,25,26). The van der Waals surface area contributed by atoms with Gasteiger partial charge in [-0.15, -0.1) is 0 Å². The van der Waals surface area contributed by atoms with Crippen molar-refractivity contribution in [2.75, 3.05) is 5.32 Å². The highest BCUT2D eigenvalue weighted by Gasteiger charge is 2.10. The van der Waals surface area contributed by atoms with E-state index in [-0.39, 0.29) is 5.91 Å². The summed E-state index contributed by atoms with van der Waals surface area (Å²) in [4.78, 5) is 20.4. The van der Waals surface area contributed by atoms with E-state index < -0.39 is 0 Å². The van der Waals surface area contributed by atoms with Gasteiger partial charge in [0.1, 0.15) is 5.82 Å². The molecule has 0 aliphatic carbocycles. The Balaban J connectivity index is 1.60. The zero-order valence-electron chi connectivity index (χ0n) is 14.7. The number of nitrogens with zero attached hydrogens (tertiary/aromatic N) is 1. The minimum atomic E-state index is -0.103. The Morgan fingerprint density at radius 1 is 0.962 bits per heavy atom. The molecule has 0 aliphatic heterocycles. The van der Waals surface area contributed by atoms with Crippen LogP contribution in [0.15, 0.2) is 66.7 Å². The predicted molar refractivity (Wildman–Crippen MR) is 105 cm³/mol. The molecule has 26 heavy (non-hydrogen) atoms. The molecule has 0 fully saturated rings. The average molecular weight is 341 g/mol. The summed E-state index contributed by atoms with van der Waals surface area (Å²) in [6, 6.07) is 21.4. The van der Waals surface area contributed by atoms with Crippen molar-refractivity contribution in [2.45, 2.75) is 13.8 Å². The van der Waals surface area contributed by atoms with Gasteiger partial charge in [-0.1, -0.05) is 29.8 Å². The summed E-state index contributed by atoms with van der Waals surface area (Å²) in [5, 5.41) is 2.99. The Bertz CT molecular complexity index is 1080. The van der Waals surface area contributed by atoms with Crippen LogP contribution in [0.4, 0.5) is 5.69 Å². The zero-order valence-corrected chi connectivity index (χ0v) is 14.7. The van der Waals surface area contributed by atoms with Gasteiger partial charge >= 0.3 is 0 Å². The average Bonchev–Trinajstić information content (AvgIpc) is 3.07. The molecular weight excluding hydrogens is 322 g/mol. The lowest BCUT2D eigenvalue weighted by molar-refractivity contribution is 0.102. The maximum Gasteiger partial charge on any atom is 0.255 e. The molecule has 1 heterocycles. The van der Waals surface area contributed by atoms with Crippen molar-refractivity contribution in [3.8, 4) is 11.4 Å². The van der Waals surface area contributed by atoms with Crippen molar-refractivity contribution in [1.29, 1.82) is 0 Å². The number of H-pyrrole nitrogens is 1. The number of rotatable bonds is 3. The van der Waals surface area contributed by atoms with E-state index >= 15 is 0 Å². The van der Waals surface area contributed by atoms with Crippen LogP contribution in [0.1, 0.15) is 21.5 Å². The maximum absolute atomic E-state index is 12.5. The van der Waals surface area contributed by atoms with E-state index in [0.29, 0.717) is 5.56 Å². The summed E-state index contributed by atoms with van der Waals surface area (Å²) in [6.45, 7) is 3.96. The van der Waals surface area contributed by atoms with Gasteiger partial charge in [-0.25, -0.2) is 4.98 Å². The number of aryl methyl sites for hydroxylation is 2. The van der Waals surface area contributed by atoms with Crippen LogP contribution in [0.25, 0.3) is 22.4 Å². The Hall–Kier alpha value is -3.40. The highest BCUT2D eigenvalue weighted by atomic mass is 16.1. The first-order valence-electron chi connectivity index (χ1n) is 8.54. The van der Waals surface area contributed by atoms with Crippen molar-refractivity contribution in [3.63, 3.8) is 0 Å². The Labute approximate surface area is 151 Å². The second-order valence-corrected chi connectivity index (χ2v) is 6.46. The van der Waals surface area contributed by atoms with E-state index in [1.165, 1.54) is 0 Å². The predicted octanol–water partition coefficient (Wildman–Crippen LogP) is 5.10. The van der Waals surface area contributed by atoms with Gasteiger partial charge in [0.05, 0.1) is 11.0 Å². The molecule has 3 aromatic carbocycles. The molecule has 0 radical (unpaired) electrons. The molecule has 128 valence electrons. The normalized spacial score (nSPS) is 10.8. The van der Waals surface area contributed by atoms with Crippen LogP contribution in [0, 0.1) is 13.8 Å². The molecule has 1 amide bonds. The SMILES string of the molecule is Cc1cccc(C(=O)Nc2ccc(-c3nc4ccccc4[nH]3)cc2C)c1. The third-order valence-corrected chi connectivity index (χ3v) is 4.42. The first kappa shape index (κ1) is 16.1. The van der Waals surface area contributed by atoms with Gasteiger partial charge in [0.2, 0.25) is 0 Å². The summed E-state index contributed by atoms with van der Waals surface area (Å²) in [6.07, 6.45) is 0. The fourth-order valence-corrected chi connectivity index (χ4v) is 3.02. The highest BCUT2D eigenvalue weighted by Crippen LogP contribution is 2.25. The van der Waals surface area contributed by atoms with E-state index in [1.807, 2.05) is 80.6 Å². The van der Waals surface area contributed by atoms with Gasteiger partial charge in [-0.05, 0) is 61.9 Å². The number of para-hydroxylation sites is 2. The molecule has 0 saturated carbocycles. The molecule has 0 spiro atoms. The maximum atomic E-state index is 12.5. The number of imidazole rings is 1. The van der Waals surface area contributed by atoms with Crippen LogP contribution < -0.4 is 5.32 Å². The molecule has 2 N–H and O–H groups in total. The largest absolute Gasteiger partial charge is 0.338 e. The van der Waals surface area contributed by atoms with Crippen LogP contribution in [0.2, 0.25) is 0 Å². The van der Waals surface area contributed by atoms with E-state index in [0.717, 1.165) is 39.2 Å². The van der Waals surface area contributed by atoms with Gasteiger partial charge in [-0.2, -0.15) is 0 Å². The third kappa shape index (κ3) is 3.09. The van der Waals surface area contributed by atoms with Crippen LogP contribution >= 0.6 is 0 Å². The number of aromatic nitrogens is 2. The number of nitrogens with one attached hydrogen (secondary N) is 2. The summed E-state index contributed by atoms with van der Waals surface area (Å²) in [7, 11) is 0. The molecule has 0 saturated heterocycles. The van der Waals surface area contributed by atoms with E-state index in [4.69, 9.17) is 0 Å². The quantitative estimate of drug-likeness (QED) is 0.545. The number of amides is 1. The number of carbonyl (C=O) groups excluding carboxylic acids is 1. The third-order valence-electron chi connectivity index (χ3n) is 4.42. The topological polar surface area (TPSA) is 57.8 Å². The highest BCUT2D eigenvalue weighted by molar-refractivity contribution is 6.04. The molecule has 0 atom stereocenters. The Kier molecular flexibility index (Phi) is 4.01. The Morgan fingerprint density at radius 3 is 2.58 bits per heavy atom. The number of benzene rings is 3. The molecule has 1 aromatic heterocycles. The summed E-state index contributed by atoms with van der Waals surface area (Å²) in [5.41, 5.74) is 6.46. The van der Waals surface area contributed by atoms with Crippen molar-refractivity contribution >= 4 is 22.6 Å². The molecule has 4 nitrogen and oxygen atoms in total. The number of anilines is 1. The minimum Gasteiger partial charge on any atom is -0.338 e. The lowest BCUT2D eigenvalue weighted by atomic mass is 10.1. The van der Waals surface area contributed by atoms with Gasteiger partial charge < -0.3 is 10.3 Å². The molecule has 0 unspecified atom stereocenters. The van der Waals surface area contributed by atoms with Crippen molar-refractivity contribution in [3.05, 3.63) is 83.4 Å². The van der Waals surface area contributed by atoms with Crippen molar-refractivity contribution in [1.82, 2.24) is 9.97 Å². The monoisotopic (exact) mass is 341 g/mol. The lowest BCUT2D eigenvalue weighted by Gasteiger charge is -2.10. The van der Waals surface area contributed by atoms with Gasteiger partial charge in [0.15, 0.2) is 0 Å². The van der Waals surface area contributed by atoms with E-state index in [9.17, 15) is 4.79 Å². The molecule has 0 bridgehead atoms. The van der Waals surface area contributed by atoms with Crippen LogP contribution in [-0.4, -0.2) is 15.9 Å². The van der Waals surface area contributed by atoms with E-state index in [1.54, 1.807) is 0 Å².